The van der Waals surface area contributed by atoms with E-state index in [0.29, 0.717) is 34.3 Å². The lowest BCUT2D eigenvalue weighted by Gasteiger charge is -2.10. The van der Waals surface area contributed by atoms with E-state index in [1.54, 1.807) is 48.7 Å². The standard InChI is InChI=1S/C19H15N5O2/c1-26-18(25)13-6-4-7-15(11-13)22-17-9-10-21-19(24-17)23-16-8-3-2-5-14(16)12-20/h2-11H,1H3,(H2,21,22,23,24). The molecule has 0 radical (unpaired) electrons. The number of hydrogen-bond acceptors (Lipinski definition) is 7. The molecule has 0 saturated heterocycles. The van der Waals surface area contributed by atoms with Gasteiger partial charge < -0.3 is 15.4 Å². The molecule has 1 heterocycles. The summed E-state index contributed by atoms with van der Waals surface area (Å²) in [5.41, 5.74) is 2.25. The number of anilines is 4. The molecule has 2 N–H and O–H groups in total. The zero-order valence-electron chi connectivity index (χ0n) is 13.9. The first-order chi connectivity index (χ1) is 12.7. The van der Waals surface area contributed by atoms with E-state index < -0.39 is 5.97 Å². The molecule has 0 aliphatic heterocycles. The van der Waals surface area contributed by atoms with Gasteiger partial charge in [0.2, 0.25) is 5.95 Å². The zero-order chi connectivity index (χ0) is 18.4. The molecule has 0 atom stereocenters. The lowest BCUT2D eigenvalue weighted by molar-refractivity contribution is 0.0601. The molecule has 3 aromatic rings. The van der Waals surface area contributed by atoms with Gasteiger partial charge in [-0.3, -0.25) is 0 Å². The van der Waals surface area contributed by atoms with Gasteiger partial charge in [-0.25, -0.2) is 9.78 Å². The van der Waals surface area contributed by atoms with Crippen LogP contribution in [0.15, 0.2) is 60.8 Å². The van der Waals surface area contributed by atoms with Crippen molar-refractivity contribution >= 4 is 29.1 Å². The summed E-state index contributed by atoms with van der Waals surface area (Å²) < 4.78 is 4.72. The van der Waals surface area contributed by atoms with Crippen LogP contribution in [-0.4, -0.2) is 23.0 Å². The van der Waals surface area contributed by atoms with E-state index in [4.69, 9.17) is 10.00 Å². The molecule has 2 aromatic carbocycles. The van der Waals surface area contributed by atoms with E-state index in [1.807, 2.05) is 12.1 Å². The van der Waals surface area contributed by atoms with Crippen molar-refractivity contribution < 1.29 is 9.53 Å². The molecule has 26 heavy (non-hydrogen) atoms. The number of aromatic nitrogens is 2. The molecule has 0 saturated carbocycles. The number of ether oxygens (including phenoxy) is 1. The Kier molecular flexibility index (Phi) is 5.05. The number of nitrogens with zero attached hydrogens (tertiary/aromatic N) is 3. The summed E-state index contributed by atoms with van der Waals surface area (Å²) in [6.45, 7) is 0. The Balaban J connectivity index is 1.80. The predicted octanol–water partition coefficient (Wildman–Crippen LogP) is 3.62. The maximum absolute atomic E-state index is 11.6. The van der Waals surface area contributed by atoms with E-state index in [0.717, 1.165) is 0 Å². The Labute approximate surface area is 150 Å². The van der Waals surface area contributed by atoms with E-state index in [1.165, 1.54) is 7.11 Å². The van der Waals surface area contributed by atoms with Crippen LogP contribution in [0.4, 0.5) is 23.1 Å². The second-order valence-electron chi connectivity index (χ2n) is 5.25. The van der Waals surface area contributed by atoms with Gasteiger partial charge >= 0.3 is 5.97 Å². The fourth-order valence-electron chi connectivity index (χ4n) is 2.29. The van der Waals surface area contributed by atoms with E-state index in [2.05, 4.69) is 26.7 Å². The molecule has 0 spiro atoms. The summed E-state index contributed by atoms with van der Waals surface area (Å²) in [4.78, 5) is 20.2. The monoisotopic (exact) mass is 345 g/mol. The second kappa shape index (κ2) is 7.77. The largest absolute Gasteiger partial charge is 0.465 e. The number of carbonyl (C=O) groups excluding carboxylic acids is 1. The maximum atomic E-state index is 11.6. The Hall–Kier alpha value is -3.92. The predicted molar refractivity (Wildman–Crippen MR) is 97.5 cm³/mol. The Morgan fingerprint density at radius 3 is 2.77 bits per heavy atom. The second-order valence-corrected chi connectivity index (χ2v) is 5.25. The maximum Gasteiger partial charge on any atom is 0.337 e. The zero-order valence-corrected chi connectivity index (χ0v) is 13.9. The normalized spacial score (nSPS) is 9.85. The highest BCUT2D eigenvalue weighted by Crippen LogP contribution is 2.20. The van der Waals surface area contributed by atoms with Crippen LogP contribution in [0, 0.1) is 11.3 Å². The summed E-state index contributed by atoms with van der Waals surface area (Å²) in [5.74, 6) is 0.479. The highest BCUT2D eigenvalue weighted by Gasteiger charge is 2.07. The lowest BCUT2D eigenvalue weighted by Crippen LogP contribution is -2.03. The number of methoxy groups -OCH3 is 1. The third-order valence-corrected chi connectivity index (χ3v) is 3.51. The SMILES string of the molecule is COC(=O)c1cccc(Nc2ccnc(Nc3ccccc3C#N)n2)c1. The van der Waals surface area contributed by atoms with Crippen LogP contribution < -0.4 is 10.6 Å². The van der Waals surface area contributed by atoms with Gasteiger partial charge in [-0.1, -0.05) is 18.2 Å². The van der Waals surface area contributed by atoms with Crippen LogP contribution in [0.2, 0.25) is 0 Å². The Bertz CT molecular complexity index is 981. The first kappa shape index (κ1) is 16.9. The van der Waals surface area contributed by atoms with Crippen molar-refractivity contribution in [2.45, 2.75) is 0 Å². The van der Waals surface area contributed by atoms with Gasteiger partial charge in [0.25, 0.3) is 0 Å². The van der Waals surface area contributed by atoms with E-state index >= 15 is 0 Å². The van der Waals surface area contributed by atoms with Crippen molar-refractivity contribution in [3.05, 3.63) is 71.9 Å². The third-order valence-electron chi connectivity index (χ3n) is 3.51. The van der Waals surface area contributed by atoms with Crippen LogP contribution >= 0.6 is 0 Å². The molecular weight excluding hydrogens is 330 g/mol. The van der Waals surface area contributed by atoms with Crippen molar-refractivity contribution in [3.63, 3.8) is 0 Å². The highest BCUT2D eigenvalue weighted by molar-refractivity contribution is 5.90. The van der Waals surface area contributed by atoms with Crippen molar-refractivity contribution in [2.75, 3.05) is 17.7 Å². The molecule has 1 aromatic heterocycles. The number of para-hydroxylation sites is 1. The summed E-state index contributed by atoms with van der Waals surface area (Å²) in [6.07, 6.45) is 1.59. The summed E-state index contributed by atoms with van der Waals surface area (Å²) >= 11 is 0. The van der Waals surface area contributed by atoms with Crippen LogP contribution in [-0.2, 0) is 4.74 Å². The van der Waals surface area contributed by atoms with Crippen molar-refractivity contribution in [3.8, 4) is 6.07 Å². The molecule has 128 valence electrons. The quantitative estimate of drug-likeness (QED) is 0.681. The third kappa shape index (κ3) is 3.94. The number of rotatable bonds is 5. The van der Waals surface area contributed by atoms with E-state index in [-0.39, 0.29) is 0 Å². The molecular formula is C19H15N5O2. The topological polar surface area (TPSA) is 99.9 Å². The van der Waals surface area contributed by atoms with Crippen LogP contribution in [0.25, 0.3) is 0 Å². The van der Waals surface area contributed by atoms with Crippen molar-refractivity contribution in [1.29, 1.82) is 5.26 Å². The minimum atomic E-state index is -0.410. The fraction of sp³-hybridized carbons (Fsp3) is 0.0526. The molecule has 0 fully saturated rings. The van der Waals surface area contributed by atoms with Gasteiger partial charge in [0.1, 0.15) is 11.9 Å². The van der Waals surface area contributed by atoms with Crippen molar-refractivity contribution in [2.24, 2.45) is 0 Å². The van der Waals surface area contributed by atoms with Gasteiger partial charge in [0.15, 0.2) is 0 Å². The Morgan fingerprint density at radius 2 is 1.96 bits per heavy atom. The average Bonchev–Trinajstić information content (AvgIpc) is 2.68. The van der Waals surface area contributed by atoms with Gasteiger partial charge in [-0.05, 0) is 36.4 Å². The van der Waals surface area contributed by atoms with Gasteiger partial charge in [-0.2, -0.15) is 10.2 Å². The molecule has 0 aliphatic rings. The molecule has 3 rings (SSSR count). The molecule has 7 nitrogen and oxygen atoms in total. The van der Waals surface area contributed by atoms with E-state index in [9.17, 15) is 4.79 Å². The number of esters is 1. The number of hydrogen-bond donors (Lipinski definition) is 2. The lowest BCUT2D eigenvalue weighted by atomic mass is 10.2. The molecule has 0 bridgehead atoms. The summed E-state index contributed by atoms with van der Waals surface area (Å²) in [6, 6.07) is 17.8. The van der Waals surface area contributed by atoms with Crippen LogP contribution in [0.1, 0.15) is 15.9 Å². The molecule has 0 amide bonds. The van der Waals surface area contributed by atoms with Crippen LogP contribution in [0.5, 0.6) is 0 Å². The fourth-order valence-corrected chi connectivity index (χ4v) is 2.29. The van der Waals surface area contributed by atoms with Gasteiger partial charge in [0.05, 0.1) is 23.9 Å². The first-order valence-corrected chi connectivity index (χ1v) is 7.74. The summed E-state index contributed by atoms with van der Waals surface area (Å²) in [5, 5.41) is 15.3. The average molecular weight is 345 g/mol. The smallest absolute Gasteiger partial charge is 0.337 e. The number of carbonyl (C=O) groups is 1. The van der Waals surface area contributed by atoms with Crippen LogP contribution in [0.3, 0.4) is 0 Å². The highest BCUT2D eigenvalue weighted by atomic mass is 16.5. The Morgan fingerprint density at radius 1 is 1.12 bits per heavy atom. The number of nitrogens with one attached hydrogen (secondary N) is 2. The molecule has 7 heteroatoms. The van der Waals surface area contributed by atoms with Gasteiger partial charge in [-0.15, -0.1) is 0 Å². The number of benzene rings is 2. The minimum absolute atomic E-state index is 0.349. The minimum Gasteiger partial charge on any atom is -0.465 e. The number of nitriles is 1. The molecule has 0 unspecified atom stereocenters. The summed E-state index contributed by atoms with van der Waals surface area (Å²) in [7, 11) is 1.34. The van der Waals surface area contributed by atoms with Gasteiger partial charge in [0, 0.05) is 11.9 Å². The van der Waals surface area contributed by atoms with Crippen molar-refractivity contribution in [1.82, 2.24) is 9.97 Å². The first-order valence-electron chi connectivity index (χ1n) is 7.74. The molecule has 0 aliphatic carbocycles.